The topological polar surface area (TPSA) is 29.5 Å². The maximum absolute atomic E-state index is 12.0. The number of esters is 1. The smallest absolute Gasteiger partial charge is 0.309 e. The van der Waals surface area contributed by atoms with E-state index in [1.54, 1.807) is 0 Å². The molecular formula is C11H20FNO2. The third kappa shape index (κ3) is 4.16. The number of hydrogen-bond acceptors (Lipinski definition) is 3. The molecule has 0 aliphatic carbocycles. The molecule has 1 saturated heterocycles. The summed E-state index contributed by atoms with van der Waals surface area (Å²) >= 11 is 0. The lowest BCUT2D eigenvalue weighted by Crippen LogP contribution is -2.37. The Bertz CT molecular complexity index is 191. The summed E-state index contributed by atoms with van der Waals surface area (Å²) in [6.07, 6.45) is 2.31. The van der Waals surface area contributed by atoms with Crippen LogP contribution in [-0.4, -0.2) is 43.8 Å². The first-order valence-corrected chi connectivity index (χ1v) is 5.73. The van der Waals surface area contributed by atoms with E-state index in [0.29, 0.717) is 13.0 Å². The fourth-order valence-electron chi connectivity index (χ4n) is 1.94. The number of halogens is 1. The normalized spacial score (nSPS) is 19.1. The number of carbonyl (C=O) groups is 1. The number of rotatable bonds is 5. The highest BCUT2D eigenvalue weighted by molar-refractivity contribution is 5.72. The molecule has 1 heterocycles. The number of hydrogen-bond donors (Lipinski definition) is 0. The third-order valence-corrected chi connectivity index (χ3v) is 2.82. The van der Waals surface area contributed by atoms with E-state index in [0.717, 1.165) is 32.5 Å². The highest BCUT2D eigenvalue weighted by Crippen LogP contribution is 2.18. The molecule has 1 rings (SSSR count). The molecule has 0 spiro atoms. The third-order valence-electron chi connectivity index (χ3n) is 2.82. The predicted octanol–water partition coefficient (Wildman–Crippen LogP) is 1.62. The van der Waals surface area contributed by atoms with Gasteiger partial charge in [-0.3, -0.25) is 9.18 Å². The molecule has 0 amide bonds. The molecule has 0 saturated carbocycles. The number of alkyl halides is 1. The van der Waals surface area contributed by atoms with Crippen molar-refractivity contribution >= 4 is 5.97 Å². The summed E-state index contributed by atoms with van der Waals surface area (Å²) in [5, 5.41) is 0. The highest BCUT2D eigenvalue weighted by atomic mass is 19.1. The minimum Gasteiger partial charge on any atom is -0.466 e. The van der Waals surface area contributed by atoms with Crippen LogP contribution in [0.1, 0.15) is 26.2 Å². The number of likely N-dealkylation sites (tertiary alicyclic amines) is 1. The standard InChI is InChI=1S/C11H20FNO2/c1-2-15-11(14)10-4-8-13(9-5-10)7-3-6-12/h10H,2-9H2,1H3. The van der Waals surface area contributed by atoms with Crippen LogP contribution >= 0.6 is 0 Å². The first-order valence-electron chi connectivity index (χ1n) is 5.73. The molecule has 4 heteroatoms. The zero-order valence-corrected chi connectivity index (χ0v) is 9.38. The first kappa shape index (κ1) is 12.4. The summed E-state index contributed by atoms with van der Waals surface area (Å²) in [5.74, 6) is -0.00535. The lowest BCUT2D eigenvalue weighted by molar-refractivity contribution is -0.149. The quantitative estimate of drug-likeness (QED) is 0.655. The second-order valence-electron chi connectivity index (χ2n) is 3.91. The van der Waals surface area contributed by atoms with E-state index in [1.165, 1.54) is 0 Å². The van der Waals surface area contributed by atoms with Gasteiger partial charge in [0.25, 0.3) is 0 Å². The Kier molecular flexibility index (Phi) is 5.61. The van der Waals surface area contributed by atoms with Gasteiger partial charge in [-0.1, -0.05) is 0 Å². The van der Waals surface area contributed by atoms with Crippen LogP contribution in [0.4, 0.5) is 4.39 Å². The van der Waals surface area contributed by atoms with Gasteiger partial charge in [-0.25, -0.2) is 0 Å². The van der Waals surface area contributed by atoms with Crippen molar-refractivity contribution in [2.45, 2.75) is 26.2 Å². The summed E-state index contributed by atoms with van der Waals surface area (Å²) in [7, 11) is 0. The lowest BCUT2D eigenvalue weighted by atomic mass is 9.97. The van der Waals surface area contributed by atoms with Crippen molar-refractivity contribution in [1.29, 1.82) is 0 Å². The molecule has 0 bridgehead atoms. The fraction of sp³-hybridized carbons (Fsp3) is 0.909. The maximum Gasteiger partial charge on any atom is 0.309 e. The van der Waals surface area contributed by atoms with Gasteiger partial charge in [-0.2, -0.15) is 0 Å². The number of nitrogens with zero attached hydrogens (tertiary/aromatic N) is 1. The molecule has 0 N–H and O–H groups in total. The second kappa shape index (κ2) is 6.77. The minimum absolute atomic E-state index is 0.0616. The average molecular weight is 217 g/mol. The van der Waals surface area contributed by atoms with Gasteiger partial charge < -0.3 is 9.64 Å². The molecule has 0 unspecified atom stereocenters. The summed E-state index contributed by atoms with van der Waals surface area (Å²) < 4.78 is 16.9. The van der Waals surface area contributed by atoms with Crippen LogP contribution in [0.3, 0.4) is 0 Å². The molecule has 0 aromatic carbocycles. The van der Waals surface area contributed by atoms with E-state index in [-0.39, 0.29) is 18.6 Å². The molecule has 3 nitrogen and oxygen atoms in total. The van der Waals surface area contributed by atoms with Gasteiger partial charge in [0.1, 0.15) is 0 Å². The lowest BCUT2D eigenvalue weighted by Gasteiger charge is -2.30. The van der Waals surface area contributed by atoms with E-state index in [9.17, 15) is 9.18 Å². The van der Waals surface area contributed by atoms with Crippen molar-refractivity contribution in [2.75, 3.05) is 32.9 Å². The molecule has 0 aromatic heterocycles. The van der Waals surface area contributed by atoms with Crippen LogP contribution in [0.25, 0.3) is 0 Å². The van der Waals surface area contributed by atoms with Crippen LogP contribution in [0.5, 0.6) is 0 Å². The number of piperidine rings is 1. The van der Waals surface area contributed by atoms with Crippen LogP contribution in [0.2, 0.25) is 0 Å². The van der Waals surface area contributed by atoms with Gasteiger partial charge in [0, 0.05) is 6.54 Å². The predicted molar refractivity (Wildman–Crippen MR) is 56.4 cm³/mol. The van der Waals surface area contributed by atoms with E-state index in [4.69, 9.17) is 4.74 Å². The largest absolute Gasteiger partial charge is 0.466 e. The van der Waals surface area contributed by atoms with E-state index < -0.39 is 0 Å². The van der Waals surface area contributed by atoms with Crippen LogP contribution in [-0.2, 0) is 9.53 Å². The van der Waals surface area contributed by atoms with E-state index >= 15 is 0 Å². The zero-order chi connectivity index (χ0) is 11.1. The Hall–Kier alpha value is -0.640. The molecule has 88 valence electrons. The Morgan fingerprint density at radius 1 is 1.47 bits per heavy atom. The Morgan fingerprint density at radius 3 is 2.67 bits per heavy atom. The van der Waals surface area contributed by atoms with E-state index in [2.05, 4.69) is 4.90 Å². The van der Waals surface area contributed by atoms with Gasteiger partial charge in [0.05, 0.1) is 19.2 Å². The fourth-order valence-corrected chi connectivity index (χ4v) is 1.94. The van der Waals surface area contributed by atoms with Gasteiger partial charge in [-0.05, 0) is 39.3 Å². The first-order chi connectivity index (χ1) is 7.27. The minimum atomic E-state index is -0.252. The Balaban J connectivity index is 2.20. The van der Waals surface area contributed by atoms with Crippen molar-refractivity contribution in [3.63, 3.8) is 0 Å². The van der Waals surface area contributed by atoms with Crippen molar-refractivity contribution in [3.05, 3.63) is 0 Å². The molecule has 15 heavy (non-hydrogen) atoms. The Labute approximate surface area is 90.6 Å². The van der Waals surface area contributed by atoms with Gasteiger partial charge in [0.2, 0.25) is 0 Å². The highest BCUT2D eigenvalue weighted by Gasteiger charge is 2.25. The maximum atomic E-state index is 12.0. The summed E-state index contributed by atoms with van der Waals surface area (Å²) in [5.41, 5.74) is 0. The molecular weight excluding hydrogens is 197 g/mol. The van der Waals surface area contributed by atoms with Crippen molar-refractivity contribution in [2.24, 2.45) is 5.92 Å². The monoisotopic (exact) mass is 217 g/mol. The second-order valence-corrected chi connectivity index (χ2v) is 3.91. The summed E-state index contributed by atoms with van der Waals surface area (Å²) in [6, 6.07) is 0. The Morgan fingerprint density at radius 2 is 2.13 bits per heavy atom. The van der Waals surface area contributed by atoms with Gasteiger partial charge in [0.15, 0.2) is 0 Å². The molecule has 0 radical (unpaired) electrons. The molecule has 0 atom stereocenters. The molecule has 1 aliphatic rings. The molecule has 0 aromatic rings. The van der Waals surface area contributed by atoms with Crippen molar-refractivity contribution in [3.8, 4) is 0 Å². The van der Waals surface area contributed by atoms with Crippen molar-refractivity contribution < 1.29 is 13.9 Å². The molecule has 1 fully saturated rings. The van der Waals surface area contributed by atoms with Gasteiger partial charge in [-0.15, -0.1) is 0 Å². The van der Waals surface area contributed by atoms with Crippen LogP contribution < -0.4 is 0 Å². The van der Waals surface area contributed by atoms with E-state index in [1.807, 2.05) is 6.92 Å². The van der Waals surface area contributed by atoms with Crippen molar-refractivity contribution in [1.82, 2.24) is 4.90 Å². The van der Waals surface area contributed by atoms with Crippen LogP contribution in [0, 0.1) is 5.92 Å². The summed E-state index contributed by atoms with van der Waals surface area (Å²) in [4.78, 5) is 13.6. The zero-order valence-electron chi connectivity index (χ0n) is 9.38. The number of ether oxygens (including phenoxy) is 1. The summed E-state index contributed by atoms with van der Waals surface area (Å²) in [6.45, 7) is 4.63. The molecule has 1 aliphatic heterocycles. The average Bonchev–Trinajstić information content (AvgIpc) is 2.27. The van der Waals surface area contributed by atoms with Crippen LogP contribution in [0.15, 0.2) is 0 Å². The SMILES string of the molecule is CCOC(=O)C1CCN(CCCF)CC1. The van der Waals surface area contributed by atoms with Gasteiger partial charge >= 0.3 is 5.97 Å². The number of carbonyl (C=O) groups excluding carboxylic acids is 1.